The SMILES string of the molecule is O=C1CC(NS(=O)(=O)c2ccc([N+](=O)[O-])c(F)c2)CN1. The van der Waals surface area contributed by atoms with Crippen LogP contribution in [0.2, 0.25) is 0 Å². The molecule has 0 saturated carbocycles. The summed E-state index contributed by atoms with van der Waals surface area (Å²) in [6.45, 7) is 0.146. The summed E-state index contributed by atoms with van der Waals surface area (Å²) in [4.78, 5) is 20.0. The quantitative estimate of drug-likeness (QED) is 0.595. The van der Waals surface area contributed by atoms with E-state index in [1.807, 2.05) is 0 Å². The van der Waals surface area contributed by atoms with Crippen LogP contribution in [0.3, 0.4) is 0 Å². The number of halogens is 1. The Hall–Kier alpha value is -2.07. The largest absolute Gasteiger partial charge is 0.354 e. The first-order valence-electron chi connectivity index (χ1n) is 5.52. The van der Waals surface area contributed by atoms with Crippen molar-refractivity contribution in [1.29, 1.82) is 0 Å². The molecule has 0 aliphatic carbocycles. The minimum atomic E-state index is -4.04. The number of nitro groups is 1. The summed E-state index contributed by atoms with van der Waals surface area (Å²) in [5.74, 6) is -1.52. The molecule has 1 saturated heterocycles. The first-order valence-corrected chi connectivity index (χ1v) is 7.01. The number of benzene rings is 1. The summed E-state index contributed by atoms with van der Waals surface area (Å²) in [7, 11) is -4.04. The topological polar surface area (TPSA) is 118 Å². The molecule has 2 rings (SSSR count). The van der Waals surface area contributed by atoms with Crippen LogP contribution in [0.1, 0.15) is 6.42 Å². The normalized spacial score (nSPS) is 18.9. The van der Waals surface area contributed by atoms with Crippen molar-refractivity contribution in [1.82, 2.24) is 10.0 Å². The molecular formula is C10H10FN3O5S. The molecule has 108 valence electrons. The van der Waals surface area contributed by atoms with Crippen molar-refractivity contribution in [2.24, 2.45) is 0 Å². The first kappa shape index (κ1) is 14.3. The van der Waals surface area contributed by atoms with Gasteiger partial charge in [0.25, 0.3) is 0 Å². The van der Waals surface area contributed by atoms with Crippen LogP contribution >= 0.6 is 0 Å². The number of nitrogens with zero attached hydrogens (tertiary/aromatic N) is 1. The molecule has 0 radical (unpaired) electrons. The first-order chi connectivity index (χ1) is 9.29. The smallest absolute Gasteiger partial charge is 0.304 e. The van der Waals surface area contributed by atoms with E-state index >= 15 is 0 Å². The Labute approximate surface area is 113 Å². The molecule has 1 amide bonds. The highest BCUT2D eigenvalue weighted by molar-refractivity contribution is 7.89. The van der Waals surface area contributed by atoms with Crippen molar-refractivity contribution in [2.45, 2.75) is 17.4 Å². The molecule has 10 heteroatoms. The van der Waals surface area contributed by atoms with E-state index in [-0.39, 0.29) is 18.9 Å². The fourth-order valence-electron chi connectivity index (χ4n) is 1.78. The molecule has 1 aromatic rings. The molecule has 1 heterocycles. The molecule has 8 nitrogen and oxygen atoms in total. The van der Waals surface area contributed by atoms with E-state index in [1.165, 1.54) is 0 Å². The minimum absolute atomic E-state index is 0.00526. The third kappa shape index (κ3) is 2.91. The van der Waals surface area contributed by atoms with Crippen LogP contribution in [0.4, 0.5) is 10.1 Å². The number of hydrogen-bond donors (Lipinski definition) is 2. The third-order valence-corrected chi connectivity index (χ3v) is 4.24. The van der Waals surface area contributed by atoms with Gasteiger partial charge in [0, 0.05) is 31.1 Å². The summed E-state index contributed by atoms with van der Waals surface area (Å²) in [5, 5.41) is 12.9. The third-order valence-electron chi connectivity index (χ3n) is 2.73. The van der Waals surface area contributed by atoms with Crippen LogP contribution in [-0.2, 0) is 14.8 Å². The van der Waals surface area contributed by atoms with Crippen LogP contribution in [0, 0.1) is 15.9 Å². The predicted octanol–water partition coefficient (Wildman–Crippen LogP) is -0.0993. The Morgan fingerprint density at radius 3 is 2.65 bits per heavy atom. The predicted molar refractivity (Wildman–Crippen MR) is 64.8 cm³/mol. The minimum Gasteiger partial charge on any atom is -0.354 e. The van der Waals surface area contributed by atoms with Gasteiger partial charge in [-0.1, -0.05) is 0 Å². The molecule has 20 heavy (non-hydrogen) atoms. The van der Waals surface area contributed by atoms with Crippen molar-refractivity contribution >= 4 is 21.6 Å². The zero-order chi connectivity index (χ0) is 14.9. The van der Waals surface area contributed by atoms with E-state index in [2.05, 4.69) is 10.0 Å². The maximum Gasteiger partial charge on any atom is 0.304 e. The van der Waals surface area contributed by atoms with Crippen LogP contribution in [0.15, 0.2) is 23.1 Å². The van der Waals surface area contributed by atoms with Gasteiger partial charge in [0.1, 0.15) is 0 Å². The van der Waals surface area contributed by atoms with E-state index in [0.29, 0.717) is 6.07 Å². The van der Waals surface area contributed by atoms with Gasteiger partial charge in [-0.3, -0.25) is 14.9 Å². The number of amides is 1. The molecule has 0 bridgehead atoms. The van der Waals surface area contributed by atoms with Crippen molar-refractivity contribution in [3.8, 4) is 0 Å². The maximum absolute atomic E-state index is 13.4. The van der Waals surface area contributed by atoms with Crippen molar-refractivity contribution in [3.05, 3.63) is 34.1 Å². The fraction of sp³-hybridized carbons (Fsp3) is 0.300. The highest BCUT2D eigenvalue weighted by atomic mass is 32.2. The molecule has 1 fully saturated rings. The number of nitro benzene ring substituents is 1. The van der Waals surface area contributed by atoms with Crippen LogP contribution in [0.5, 0.6) is 0 Å². The second-order valence-corrected chi connectivity index (χ2v) is 5.91. The molecule has 1 unspecified atom stereocenters. The van der Waals surface area contributed by atoms with E-state index in [9.17, 15) is 27.7 Å². The number of carbonyl (C=O) groups is 1. The summed E-state index contributed by atoms with van der Waals surface area (Å²) >= 11 is 0. The van der Waals surface area contributed by atoms with E-state index in [0.717, 1.165) is 12.1 Å². The standard InChI is InChI=1S/C10H10FN3O5S/c11-8-4-7(1-2-9(8)14(16)17)20(18,19)13-6-3-10(15)12-5-6/h1-2,4,6,13H,3,5H2,(H,12,15). The zero-order valence-electron chi connectivity index (χ0n) is 10.00. The van der Waals surface area contributed by atoms with Gasteiger partial charge in [-0.05, 0) is 6.07 Å². The average molecular weight is 303 g/mol. The Morgan fingerprint density at radius 2 is 2.15 bits per heavy atom. The summed E-state index contributed by atoms with van der Waals surface area (Å²) in [5.41, 5.74) is -0.804. The second kappa shape index (κ2) is 5.13. The molecule has 1 atom stereocenters. The molecule has 0 spiro atoms. The van der Waals surface area contributed by atoms with Gasteiger partial charge in [0.2, 0.25) is 21.7 Å². The Morgan fingerprint density at radius 1 is 1.45 bits per heavy atom. The van der Waals surface area contributed by atoms with Gasteiger partial charge in [-0.25, -0.2) is 13.1 Å². The van der Waals surface area contributed by atoms with Crippen molar-refractivity contribution in [3.63, 3.8) is 0 Å². The lowest BCUT2D eigenvalue weighted by atomic mass is 10.3. The van der Waals surface area contributed by atoms with Gasteiger partial charge in [0.05, 0.1) is 9.82 Å². The number of hydrogen-bond acceptors (Lipinski definition) is 5. The average Bonchev–Trinajstić information content (AvgIpc) is 2.73. The highest BCUT2D eigenvalue weighted by Crippen LogP contribution is 2.21. The lowest BCUT2D eigenvalue weighted by molar-refractivity contribution is -0.387. The number of sulfonamides is 1. The fourth-order valence-corrected chi connectivity index (χ4v) is 3.03. The van der Waals surface area contributed by atoms with Gasteiger partial charge < -0.3 is 5.32 Å². The Balaban J connectivity index is 2.23. The number of nitrogens with one attached hydrogen (secondary N) is 2. The van der Waals surface area contributed by atoms with Gasteiger partial charge in [0.15, 0.2) is 0 Å². The van der Waals surface area contributed by atoms with E-state index in [4.69, 9.17) is 0 Å². The Bertz CT molecular complexity index is 675. The van der Waals surface area contributed by atoms with Crippen LogP contribution in [0.25, 0.3) is 0 Å². The summed E-state index contributed by atoms with van der Waals surface area (Å²) in [6, 6.07) is 1.67. The Kier molecular flexibility index (Phi) is 3.68. The maximum atomic E-state index is 13.4. The van der Waals surface area contributed by atoms with Crippen LogP contribution < -0.4 is 10.0 Å². The van der Waals surface area contributed by atoms with E-state index < -0.39 is 37.4 Å². The van der Waals surface area contributed by atoms with Crippen molar-refractivity contribution < 1.29 is 22.5 Å². The van der Waals surface area contributed by atoms with Gasteiger partial charge >= 0.3 is 5.69 Å². The number of carbonyl (C=O) groups excluding carboxylic acids is 1. The highest BCUT2D eigenvalue weighted by Gasteiger charge is 2.28. The second-order valence-electron chi connectivity index (χ2n) is 4.20. The van der Waals surface area contributed by atoms with E-state index in [1.54, 1.807) is 0 Å². The van der Waals surface area contributed by atoms with Crippen molar-refractivity contribution in [2.75, 3.05) is 6.54 Å². The summed E-state index contributed by atoms with van der Waals surface area (Å²) in [6.07, 6.45) is -0.00526. The molecule has 0 aromatic heterocycles. The molecule has 2 N–H and O–H groups in total. The van der Waals surface area contributed by atoms with Gasteiger partial charge in [-0.2, -0.15) is 4.39 Å². The van der Waals surface area contributed by atoms with Crippen LogP contribution in [-0.4, -0.2) is 31.8 Å². The lowest BCUT2D eigenvalue weighted by Gasteiger charge is -2.11. The molecule has 1 aliphatic heterocycles. The van der Waals surface area contributed by atoms with Gasteiger partial charge in [-0.15, -0.1) is 0 Å². The molecular weight excluding hydrogens is 293 g/mol. The zero-order valence-corrected chi connectivity index (χ0v) is 10.8. The number of rotatable bonds is 4. The lowest BCUT2D eigenvalue weighted by Crippen LogP contribution is -2.36. The molecule has 1 aliphatic rings. The summed E-state index contributed by atoms with van der Waals surface area (Å²) < 4.78 is 39.5. The molecule has 1 aromatic carbocycles. The monoisotopic (exact) mass is 303 g/mol.